The van der Waals surface area contributed by atoms with Crippen LogP contribution in [0.2, 0.25) is 0 Å². The van der Waals surface area contributed by atoms with Gasteiger partial charge in [0.2, 0.25) is 0 Å². The van der Waals surface area contributed by atoms with E-state index in [4.69, 9.17) is 0 Å². The number of hydrogen-bond donors (Lipinski definition) is 0. The van der Waals surface area contributed by atoms with Gasteiger partial charge in [0.25, 0.3) is 15.5 Å². The molecule has 33 heavy (non-hydrogen) atoms. The molecule has 0 spiro atoms. The van der Waals surface area contributed by atoms with Gasteiger partial charge in [-0.15, -0.1) is 0 Å². The molecule has 0 heterocycles. The van der Waals surface area contributed by atoms with Crippen molar-refractivity contribution in [3.63, 3.8) is 0 Å². The molecule has 0 radical (unpaired) electrons. The molecule has 1 rings (SSSR count). The van der Waals surface area contributed by atoms with E-state index in [1.165, 1.54) is 0 Å². The lowest BCUT2D eigenvalue weighted by Gasteiger charge is -2.27. The number of rotatable bonds is 8. The molecule has 0 aliphatic carbocycles. The predicted molar refractivity (Wildman–Crippen MR) is 84.5 cm³/mol. The first-order valence-electron chi connectivity index (χ1n) is 7.52. The Bertz CT molecular complexity index is 1070. The zero-order chi connectivity index (χ0) is 26.2. The Balaban J connectivity index is 3.41. The second kappa shape index (κ2) is 9.03. The molecule has 1 unspecified atom stereocenters. The molecule has 0 aliphatic heterocycles. The predicted octanol–water partition coefficient (Wildman–Crippen LogP) is 3.37. The first kappa shape index (κ1) is 28.5. The highest BCUT2D eigenvalue weighted by Crippen LogP contribution is 2.51. The molecule has 0 aromatic heterocycles. The summed E-state index contributed by atoms with van der Waals surface area (Å²) in [4.78, 5) is 17.4. The van der Waals surface area contributed by atoms with Crippen LogP contribution in [0.1, 0.15) is 0 Å². The lowest BCUT2D eigenvalue weighted by molar-refractivity contribution is -0.388. The lowest BCUT2D eigenvalue weighted by Crippen LogP contribution is -2.55. The molecule has 0 fully saturated rings. The normalized spacial score (nSPS) is 14.6. The fourth-order valence-corrected chi connectivity index (χ4v) is 4.17. The van der Waals surface area contributed by atoms with Crippen molar-refractivity contribution in [3.05, 3.63) is 28.3 Å². The number of nitro groups is 1. The fourth-order valence-electron chi connectivity index (χ4n) is 1.87. The Morgan fingerprint density at radius 3 is 1.97 bits per heavy atom. The van der Waals surface area contributed by atoms with E-state index in [1.54, 1.807) is 0 Å². The second-order valence-electron chi connectivity index (χ2n) is 5.74. The highest BCUT2D eigenvalue weighted by atomic mass is 32.2. The third-order valence-electron chi connectivity index (χ3n) is 3.39. The molecule has 0 N–H and O–H groups in total. The number of nitrogens with zero attached hydrogens (tertiary/aromatic N) is 1. The van der Waals surface area contributed by atoms with Crippen molar-refractivity contribution in [2.24, 2.45) is 0 Å². The SMILES string of the molecule is O=C(CS(=O)c1ccc(S(=O)(=O)C(F)(F)C(F)(F)C(F)(F)F)cc1[N+](=O)[O-])OCC(F)(F)F. The van der Waals surface area contributed by atoms with Crippen LogP contribution < -0.4 is 0 Å². The summed E-state index contributed by atoms with van der Waals surface area (Å²) in [5, 5.41) is 4.21. The summed E-state index contributed by atoms with van der Waals surface area (Å²) >= 11 is 0. The third kappa shape index (κ3) is 5.89. The van der Waals surface area contributed by atoms with E-state index >= 15 is 0 Å². The zero-order valence-electron chi connectivity index (χ0n) is 15.0. The molecule has 1 aromatic carbocycles. The first-order chi connectivity index (χ1) is 14.6. The van der Waals surface area contributed by atoms with Gasteiger partial charge in [-0.2, -0.15) is 43.9 Å². The average Bonchev–Trinajstić information content (AvgIpc) is 2.63. The highest BCUT2D eigenvalue weighted by molar-refractivity contribution is 7.92. The van der Waals surface area contributed by atoms with Crippen LogP contribution in [-0.4, -0.2) is 59.4 Å². The smallest absolute Gasteiger partial charge is 0.455 e. The monoisotopic (exact) mass is 543 g/mol. The number of alkyl halides is 10. The summed E-state index contributed by atoms with van der Waals surface area (Å²) in [6.45, 7) is -2.13. The topological polar surface area (TPSA) is 121 Å². The minimum absolute atomic E-state index is 0.0694. The second-order valence-corrected chi connectivity index (χ2v) is 9.16. The van der Waals surface area contributed by atoms with Gasteiger partial charge in [0.05, 0.1) is 20.6 Å². The van der Waals surface area contributed by atoms with Gasteiger partial charge in [-0.1, -0.05) is 0 Å². The molecule has 20 heteroatoms. The molecular formula is C13H7F10NO7S2. The van der Waals surface area contributed by atoms with Crippen LogP contribution in [0.15, 0.2) is 28.0 Å². The van der Waals surface area contributed by atoms with Gasteiger partial charge >= 0.3 is 29.5 Å². The minimum atomic E-state index is -7.13. The van der Waals surface area contributed by atoms with Crippen molar-refractivity contribution in [1.82, 2.24) is 0 Å². The molecule has 0 amide bonds. The molecule has 0 saturated heterocycles. The van der Waals surface area contributed by atoms with E-state index in [9.17, 15) is 71.4 Å². The first-order valence-corrected chi connectivity index (χ1v) is 10.3. The van der Waals surface area contributed by atoms with Gasteiger partial charge in [-0.3, -0.25) is 19.1 Å². The summed E-state index contributed by atoms with van der Waals surface area (Å²) in [6, 6.07) is -0.499. The largest absolute Gasteiger partial charge is 0.461 e. The molecule has 188 valence electrons. The Labute approximate surface area is 178 Å². The van der Waals surface area contributed by atoms with Crippen molar-refractivity contribution in [2.75, 3.05) is 12.4 Å². The van der Waals surface area contributed by atoms with Gasteiger partial charge in [0.15, 0.2) is 6.61 Å². The number of carbonyl (C=O) groups is 1. The van der Waals surface area contributed by atoms with Crippen molar-refractivity contribution >= 4 is 32.3 Å². The summed E-state index contributed by atoms with van der Waals surface area (Å²) in [7, 11) is -9.90. The Hall–Kier alpha value is -2.51. The Morgan fingerprint density at radius 2 is 1.55 bits per heavy atom. The van der Waals surface area contributed by atoms with Crippen LogP contribution in [-0.2, 0) is 30.2 Å². The summed E-state index contributed by atoms with van der Waals surface area (Å²) in [5.74, 6) is -10.4. The Morgan fingerprint density at radius 1 is 1.03 bits per heavy atom. The molecular weight excluding hydrogens is 536 g/mol. The van der Waals surface area contributed by atoms with Gasteiger partial charge in [0, 0.05) is 6.07 Å². The summed E-state index contributed by atoms with van der Waals surface area (Å²) in [6.07, 6.45) is -12.0. The van der Waals surface area contributed by atoms with E-state index < -0.39 is 89.0 Å². The summed E-state index contributed by atoms with van der Waals surface area (Å²) in [5.41, 5.74) is -1.69. The molecule has 1 atom stereocenters. The lowest BCUT2D eigenvalue weighted by atomic mass is 10.3. The van der Waals surface area contributed by atoms with Gasteiger partial charge < -0.3 is 4.74 Å². The molecule has 0 aliphatic rings. The number of carbonyl (C=O) groups excluding carboxylic acids is 1. The third-order valence-corrected chi connectivity index (χ3v) is 6.53. The maximum atomic E-state index is 13.7. The Kier molecular flexibility index (Phi) is 7.80. The molecule has 1 aromatic rings. The standard InChI is InChI=1S/C13H7F10NO7S2/c14-10(15,16)5-31-9(25)4-32(28)8-2-1-6(3-7(8)24(26)27)33(29,30)13(22,23)11(17,18)12(19,20)21/h1-3H,4-5H2. The van der Waals surface area contributed by atoms with Crippen LogP contribution >= 0.6 is 0 Å². The maximum Gasteiger partial charge on any atom is 0.461 e. The number of sulfone groups is 1. The maximum absolute atomic E-state index is 13.7. The van der Waals surface area contributed by atoms with Crippen LogP contribution in [0.5, 0.6) is 0 Å². The van der Waals surface area contributed by atoms with Crippen LogP contribution in [0.25, 0.3) is 0 Å². The average molecular weight is 543 g/mol. The van der Waals surface area contributed by atoms with Gasteiger partial charge in [-0.05, 0) is 12.1 Å². The minimum Gasteiger partial charge on any atom is -0.455 e. The zero-order valence-corrected chi connectivity index (χ0v) is 16.7. The van der Waals surface area contributed by atoms with E-state index in [0.717, 1.165) is 0 Å². The number of esters is 1. The number of ether oxygens (including phenoxy) is 1. The molecule has 0 bridgehead atoms. The summed E-state index contributed by atoms with van der Waals surface area (Å²) < 4.78 is 165. The number of halogens is 10. The van der Waals surface area contributed by atoms with Crippen molar-refractivity contribution in [2.45, 2.75) is 33.3 Å². The van der Waals surface area contributed by atoms with E-state index in [1.807, 2.05) is 0 Å². The highest BCUT2D eigenvalue weighted by Gasteiger charge is 2.78. The van der Waals surface area contributed by atoms with E-state index in [-0.39, 0.29) is 12.1 Å². The van der Waals surface area contributed by atoms with Crippen LogP contribution in [0, 0.1) is 10.1 Å². The van der Waals surface area contributed by atoms with Gasteiger partial charge in [-0.25, -0.2) is 8.42 Å². The number of benzene rings is 1. The van der Waals surface area contributed by atoms with Crippen LogP contribution in [0.4, 0.5) is 49.6 Å². The van der Waals surface area contributed by atoms with Crippen molar-refractivity contribution in [3.8, 4) is 0 Å². The van der Waals surface area contributed by atoms with Crippen LogP contribution in [0.3, 0.4) is 0 Å². The van der Waals surface area contributed by atoms with Crippen molar-refractivity contribution < 1.29 is 71.0 Å². The molecule has 0 saturated carbocycles. The quantitative estimate of drug-likeness (QED) is 0.213. The number of hydrogen-bond acceptors (Lipinski definition) is 7. The van der Waals surface area contributed by atoms with Crippen molar-refractivity contribution in [1.29, 1.82) is 0 Å². The number of nitro benzene ring substituents is 1. The van der Waals surface area contributed by atoms with Gasteiger partial charge in [0.1, 0.15) is 10.6 Å². The van der Waals surface area contributed by atoms with E-state index in [0.29, 0.717) is 0 Å². The molecule has 8 nitrogen and oxygen atoms in total. The van der Waals surface area contributed by atoms with E-state index in [2.05, 4.69) is 4.74 Å². The fraction of sp³-hybridized carbons (Fsp3) is 0.462.